The van der Waals surface area contributed by atoms with Crippen molar-refractivity contribution in [3.63, 3.8) is 0 Å². The summed E-state index contributed by atoms with van der Waals surface area (Å²) in [7, 11) is 0. The van der Waals surface area contributed by atoms with Gasteiger partial charge in [-0.3, -0.25) is 0 Å². The lowest BCUT2D eigenvalue weighted by Crippen LogP contribution is -2.28. The third kappa shape index (κ3) is 6.06. The average Bonchev–Trinajstić information content (AvgIpc) is 3.89. The number of anilines is 3. The van der Waals surface area contributed by atoms with Gasteiger partial charge in [-0.2, -0.15) is 0 Å². The lowest BCUT2D eigenvalue weighted by Gasteiger charge is -2.35. The van der Waals surface area contributed by atoms with Crippen molar-refractivity contribution in [1.29, 1.82) is 0 Å². The molecule has 1 heterocycles. The number of rotatable bonds is 8. The summed E-state index contributed by atoms with van der Waals surface area (Å²) in [5.41, 5.74) is 17.6. The molecule has 63 heavy (non-hydrogen) atoms. The maximum absolute atomic E-state index is 2.55. The number of benzene rings is 10. The molecule has 0 fully saturated rings. The maximum atomic E-state index is 2.55. The topological polar surface area (TPSA) is 3.24 Å². The molecular formula is C61H41NS. The normalized spacial score (nSPS) is 12.6. The highest BCUT2D eigenvalue weighted by atomic mass is 32.1. The molecule has 0 N–H and O–H groups in total. The van der Waals surface area contributed by atoms with Crippen LogP contribution in [0.2, 0.25) is 0 Å². The Balaban J connectivity index is 1.23. The monoisotopic (exact) mass is 819 g/mol. The number of nitrogens with zero attached hydrogens (tertiary/aromatic N) is 1. The van der Waals surface area contributed by atoms with Crippen LogP contribution in [0.5, 0.6) is 0 Å². The number of hydrogen-bond acceptors (Lipinski definition) is 2. The zero-order chi connectivity index (χ0) is 41.7. The quantitative estimate of drug-likeness (QED) is 0.148. The first-order valence-corrected chi connectivity index (χ1v) is 22.5. The van der Waals surface area contributed by atoms with E-state index >= 15 is 0 Å². The molecule has 12 rings (SSSR count). The molecule has 1 nitrogen and oxygen atoms in total. The Labute approximate surface area is 372 Å². The molecule has 0 aliphatic heterocycles. The van der Waals surface area contributed by atoms with Crippen molar-refractivity contribution in [3.8, 4) is 44.5 Å². The van der Waals surface area contributed by atoms with E-state index in [0.29, 0.717) is 0 Å². The number of fused-ring (bicyclic) bond motifs is 6. The van der Waals surface area contributed by atoms with E-state index in [1.54, 1.807) is 0 Å². The van der Waals surface area contributed by atoms with E-state index in [1.807, 2.05) is 11.3 Å². The molecule has 10 aromatic carbocycles. The van der Waals surface area contributed by atoms with Crippen LogP contribution < -0.4 is 4.90 Å². The third-order valence-electron chi connectivity index (χ3n) is 12.9. The van der Waals surface area contributed by atoms with E-state index in [0.717, 1.165) is 11.4 Å². The van der Waals surface area contributed by atoms with Gasteiger partial charge in [0.1, 0.15) is 0 Å². The van der Waals surface area contributed by atoms with Crippen LogP contribution >= 0.6 is 11.3 Å². The highest BCUT2D eigenvalue weighted by Gasteiger charge is 2.48. The van der Waals surface area contributed by atoms with Crippen LogP contribution in [-0.2, 0) is 5.41 Å². The molecule has 1 aromatic heterocycles. The Bertz CT molecular complexity index is 3270. The zero-order valence-electron chi connectivity index (χ0n) is 34.5. The average molecular weight is 820 g/mol. The molecule has 0 unspecified atom stereocenters. The Morgan fingerprint density at radius 2 is 0.762 bits per heavy atom. The van der Waals surface area contributed by atoms with Gasteiger partial charge in [-0.15, -0.1) is 11.3 Å². The van der Waals surface area contributed by atoms with Crippen LogP contribution in [0, 0.1) is 0 Å². The summed E-state index contributed by atoms with van der Waals surface area (Å²) < 4.78 is 2.53. The molecule has 1 aliphatic carbocycles. The van der Waals surface area contributed by atoms with E-state index in [2.05, 4.69) is 254 Å². The van der Waals surface area contributed by atoms with Crippen molar-refractivity contribution in [1.82, 2.24) is 0 Å². The Morgan fingerprint density at radius 3 is 1.29 bits per heavy atom. The fourth-order valence-corrected chi connectivity index (χ4v) is 11.3. The van der Waals surface area contributed by atoms with E-state index in [1.165, 1.54) is 92.6 Å². The van der Waals surface area contributed by atoms with E-state index < -0.39 is 5.41 Å². The van der Waals surface area contributed by atoms with Crippen molar-refractivity contribution in [2.45, 2.75) is 5.41 Å². The van der Waals surface area contributed by atoms with Gasteiger partial charge in [0.05, 0.1) is 11.1 Å². The lowest BCUT2D eigenvalue weighted by molar-refractivity contribution is 0.770. The second-order valence-corrected chi connectivity index (χ2v) is 17.5. The smallest absolute Gasteiger partial charge is 0.0714 e. The minimum Gasteiger partial charge on any atom is -0.309 e. The zero-order valence-corrected chi connectivity index (χ0v) is 35.3. The van der Waals surface area contributed by atoms with Gasteiger partial charge >= 0.3 is 0 Å². The summed E-state index contributed by atoms with van der Waals surface area (Å²) in [6.45, 7) is 0. The Morgan fingerprint density at radius 1 is 0.333 bits per heavy atom. The summed E-state index contributed by atoms with van der Waals surface area (Å²) in [6, 6.07) is 91.6. The fraction of sp³-hybridized carbons (Fsp3) is 0.0164. The van der Waals surface area contributed by atoms with Crippen molar-refractivity contribution < 1.29 is 0 Å². The van der Waals surface area contributed by atoms with Gasteiger partial charge in [-0.05, 0) is 104 Å². The Kier molecular flexibility index (Phi) is 8.98. The molecule has 296 valence electrons. The van der Waals surface area contributed by atoms with Crippen molar-refractivity contribution in [3.05, 3.63) is 271 Å². The van der Waals surface area contributed by atoms with Crippen LogP contribution in [0.25, 0.3) is 64.7 Å². The van der Waals surface area contributed by atoms with E-state index in [-0.39, 0.29) is 0 Å². The van der Waals surface area contributed by atoms with E-state index in [9.17, 15) is 0 Å². The second kappa shape index (κ2) is 15.3. The molecule has 0 saturated heterocycles. The largest absolute Gasteiger partial charge is 0.309 e. The number of thiophene rings is 1. The predicted molar refractivity (Wildman–Crippen MR) is 268 cm³/mol. The highest BCUT2D eigenvalue weighted by Crippen LogP contribution is 2.62. The minimum absolute atomic E-state index is 0.567. The summed E-state index contributed by atoms with van der Waals surface area (Å²) in [6.07, 6.45) is 0. The van der Waals surface area contributed by atoms with Crippen LogP contribution in [0.3, 0.4) is 0 Å². The van der Waals surface area contributed by atoms with Crippen LogP contribution in [0.1, 0.15) is 22.3 Å². The molecule has 0 saturated carbocycles. The van der Waals surface area contributed by atoms with E-state index in [4.69, 9.17) is 0 Å². The third-order valence-corrected chi connectivity index (χ3v) is 14.1. The van der Waals surface area contributed by atoms with Crippen molar-refractivity contribution in [2.75, 3.05) is 4.90 Å². The summed E-state index contributed by atoms with van der Waals surface area (Å²) in [4.78, 5) is 2.55. The van der Waals surface area contributed by atoms with Crippen LogP contribution in [0.4, 0.5) is 17.1 Å². The second-order valence-electron chi connectivity index (χ2n) is 16.4. The van der Waals surface area contributed by atoms with Gasteiger partial charge in [0.15, 0.2) is 0 Å². The van der Waals surface area contributed by atoms with Gasteiger partial charge in [0, 0.05) is 37.1 Å². The van der Waals surface area contributed by atoms with Gasteiger partial charge < -0.3 is 4.90 Å². The predicted octanol–water partition coefficient (Wildman–Crippen LogP) is 16.9. The first-order valence-electron chi connectivity index (χ1n) is 21.7. The van der Waals surface area contributed by atoms with Gasteiger partial charge in [-0.25, -0.2) is 0 Å². The van der Waals surface area contributed by atoms with Gasteiger partial charge in [-0.1, -0.05) is 206 Å². The summed E-state index contributed by atoms with van der Waals surface area (Å²) in [5, 5.41) is 2.52. The molecule has 0 bridgehead atoms. The van der Waals surface area contributed by atoms with Gasteiger partial charge in [0.2, 0.25) is 0 Å². The highest BCUT2D eigenvalue weighted by molar-refractivity contribution is 7.26. The first-order chi connectivity index (χ1) is 31.3. The fourth-order valence-electron chi connectivity index (χ4n) is 10.1. The standard InChI is InChI=1S/C61H41NS/c1-6-18-42(19-7-1)45-30-35-50(36-31-45)62(51-37-32-46(33-38-51)43-20-8-2-9-21-43)60-58-52-28-16-17-29-54(52)61(48-24-12-4-13-25-48,49-26-14-5-15-27-49)55(58)41-57-59(60)53-40-47(34-39-56(53)63-57)44-22-10-3-11-23-44/h1-41H. The number of hydrogen-bond donors (Lipinski definition) is 0. The summed E-state index contributed by atoms with van der Waals surface area (Å²) in [5.74, 6) is 0. The molecule has 0 atom stereocenters. The molecule has 0 spiro atoms. The van der Waals surface area contributed by atoms with Crippen LogP contribution in [-0.4, -0.2) is 0 Å². The molecular weight excluding hydrogens is 779 g/mol. The Hall–Kier alpha value is -7.78. The van der Waals surface area contributed by atoms with Gasteiger partial charge in [0.25, 0.3) is 0 Å². The molecule has 0 amide bonds. The SMILES string of the molecule is c1ccc(-c2ccc(N(c3ccc(-c4ccccc4)cc3)c3c4c(cc5sc6ccc(-c7ccccc7)cc6c35)C(c3ccccc3)(c3ccccc3)c3ccccc3-4)cc2)cc1. The lowest BCUT2D eigenvalue weighted by atomic mass is 9.67. The molecule has 2 heteroatoms. The molecule has 0 radical (unpaired) electrons. The molecule has 1 aliphatic rings. The van der Waals surface area contributed by atoms with Crippen molar-refractivity contribution >= 4 is 48.6 Å². The maximum Gasteiger partial charge on any atom is 0.0714 e. The summed E-state index contributed by atoms with van der Waals surface area (Å²) >= 11 is 1.90. The van der Waals surface area contributed by atoms with Crippen LogP contribution in [0.15, 0.2) is 249 Å². The molecule has 11 aromatic rings. The van der Waals surface area contributed by atoms with Crippen molar-refractivity contribution in [2.24, 2.45) is 0 Å². The minimum atomic E-state index is -0.567. The first kappa shape index (κ1) is 37.0.